The van der Waals surface area contributed by atoms with E-state index in [-0.39, 0.29) is 5.78 Å². The van der Waals surface area contributed by atoms with Crippen LogP contribution in [-0.2, 0) is 11.3 Å². The third-order valence-electron chi connectivity index (χ3n) is 4.25. The minimum Gasteiger partial charge on any atom is -0.481 e. The number of carboxylic acid groups (broad SMARTS) is 1. The topological polar surface area (TPSA) is 57.6 Å². The third-order valence-corrected chi connectivity index (χ3v) is 4.86. The van der Waals surface area contributed by atoms with E-state index in [2.05, 4.69) is 15.9 Å². The molecule has 1 aliphatic heterocycles. The van der Waals surface area contributed by atoms with Crippen molar-refractivity contribution in [3.63, 3.8) is 0 Å². The number of nitrogens with zero attached hydrogens (tertiary/aromatic N) is 1. The first-order valence-corrected chi connectivity index (χ1v) is 8.09. The van der Waals surface area contributed by atoms with Gasteiger partial charge < -0.3 is 10.0 Å². The molecule has 1 aliphatic rings. The lowest BCUT2D eigenvalue weighted by molar-refractivity contribution is -0.138. The smallest absolute Gasteiger partial charge is 0.310 e. The van der Waals surface area contributed by atoms with Gasteiger partial charge in [-0.05, 0) is 46.1 Å². The second kappa shape index (κ2) is 5.81. The lowest BCUT2D eigenvalue weighted by atomic mass is 9.94. The third kappa shape index (κ3) is 2.65. The second-order valence-corrected chi connectivity index (χ2v) is 6.66. The molecule has 0 fully saturated rings. The van der Waals surface area contributed by atoms with Crippen LogP contribution in [0.1, 0.15) is 39.9 Å². The fourth-order valence-electron chi connectivity index (χ4n) is 2.93. The summed E-state index contributed by atoms with van der Waals surface area (Å²) in [5.74, 6) is -1.65. The van der Waals surface area contributed by atoms with Gasteiger partial charge in [-0.25, -0.2) is 0 Å². The van der Waals surface area contributed by atoms with Gasteiger partial charge in [0, 0.05) is 29.2 Å². The molecule has 0 saturated heterocycles. The van der Waals surface area contributed by atoms with Crippen molar-refractivity contribution in [1.29, 1.82) is 0 Å². The highest BCUT2D eigenvalue weighted by Crippen LogP contribution is 2.38. The normalized spacial score (nSPS) is 14.7. The maximum absolute atomic E-state index is 13.0. The number of hydrogen-bond acceptors (Lipinski definition) is 3. The zero-order chi connectivity index (χ0) is 16.7. The summed E-state index contributed by atoms with van der Waals surface area (Å²) in [7, 11) is 1.93. The van der Waals surface area contributed by atoms with Crippen LogP contribution in [0, 0.1) is 0 Å². The van der Waals surface area contributed by atoms with Crippen LogP contribution < -0.4 is 4.90 Å². The molecule has 0 amide bonds. The predicted octanol–water partition coefficient (Wildman–Crippen LogP) is 3.82. The highest BCUT2D eigenvalue weighted by Gasteiger charge is 2.27. The molecular weight excluding hydrogens is 358 g/mol. The van der Waals surface area contributed by atoms with Gasteiger partial charge in [0.25, 0.3) is 0 Å². The number of fused-ring (bicyclic) bond motifs is 2. The van der Waals surface area contributed by atoms with Crippen LogP contribution >= 0.6 is 15.9 Å². The number of carbonyl (C=O) groups is 2. The van der Waals surface area contributed by atoms with E-state index in [0.717, 1.165) is 15.7 Å². The Morgan fingerprint density at radius 2 is 1.96 bits per heavy atom. The molecule has 0 radical (unpaired) electrons. The molecule has 1 unspecified atom stereocenters. The Kier molecular flexibility index (Phi) is 3.98. The first-order valence-electron chi connectivity index (χ1n) is 7.30. The minimum absolute atomic E-state index is 0.0694. The van der Waals surface area contributed by atoms with Crippen molar-refractivity contribution in [3.8, 4) is 0 Å². The van der Waals surface area contributed by atoms with Gasteiger partial charge in [-0.2, -0.15) is 0 Å². The van der Waals surface area contributed by atoms with E-state index < -0.39 is 11.9 Å². The summed E-state index contributed by atoms with van der Waals surface area (Å²) < 4.78 is 0.738. The quantitative estimate of drug-likeness (QED) is 0.869. The van der Waals surface area contributed by atoms with Gasteiger partial charge in [0.05, 0.1) is 11.6 Å². The molecule has 3 rings (SSSR count). The number of anilines is 1. The van der Waals surface area contributed by atoms with Crippen LogP contribution in [-0.4, -0.2) is 23.9 Å². The van der Waals surface area contributed by atoms with Gasteiger partial charge in [-0.15, -0.1) is 0 Å². The fraction of sp³-hybridized carbons (Fsp3) is 0.222. The van der Waals surface area contributed by atoms with Crippen molar-refractivity contribution in [3.05, 3.63) is 63.1 Å². The number of carbonyl (C=O) groups excluding carboxylic acids is 1. The Bertz CT molecular complexity index is 816. The van der Waals surface area contributed by atoms with Gasteiger partial charge >= 0.3 is 5.97 Å². The van der Waals surface area contributed by atoms with Gasteiger partial charge in [0.1, 0.15) is 0 Å². The molecule has 1 atom stereocenters. The van der Waals surface area contributed by atoms with E-state index in [1.54, 1.807) is 19.1 Å². The SMILES string of the molecule is CC(C(=O)O)c1cc(Br)c2c(c1)C(=O)c1ccccc1CN2C. The van der Waals surface area contributed by atoms with Gasteiger partial charge in [0.2, 0.25) is 0 Å². The van der Waals surface area contributed by atoms with E-state index in [9.17, 15) is 14.7 Å². The molecule has 2 aromatic carbocycles. The van der Waals surface area contributed by atoms with Crippen LogP contribution in [0.2, 0.25) is 0 Å². The number of aliphatic carboxylic acids is 1. The summed E-state index contributed by atoms with van der Waals surface area (Å²) in [5, 5.41) is 9.25. The first kappa shape index (κ1) is 15.7. The molecule has 2 aromatic rings. The lowest BCUT2D eigenvalue weighted by Gasteiger charge is -2.22. The average Bonchev–Trinajstić information content (AvgIpc) is 2.62. The van der Waals surface area contributed by atoms with Crippen LogP contribution in [0.4, 0.5) is 5.69 Å². The van der Waals surface area contributed by atoms with Crippen molar-refractivity contribution in [2.45, 2.75) is 19.4 Å². The summed E-state index contributed by atoms with van der Waals surface area (Å²) in [6, 6.07) is 11.0. The van der Waals surface area contributed by atoms with Crippen LogP contribution in [0.3, 0.4) is 0 Å². The Labute approximate surface area is 142 Å². The van der Waals surface area contributed by atoms with Crippen molar-refractivity contribution >= 4 is 33.4 Å². The molecule has 1 N–H and O–H groups in total. The number of benzene rings is 2. The molecule has 0 saturated carbocycles. The maximum Gasteiger partial charge on any atom is 0.310 e. The molecule has 1 heterocycles. The van der Waals surface area contributed by atoms with Crippen LogP contribution in [0.15, 0.2) is 40.9 Å². The highest BCUT2D eigenvalue weighted by molar-refractivity contribution is 9.10. The molecule has 0 aromatic heterocycles. The van der Waals surface area contributed by atoms with Gasteiger partial charge in [-0.3, -0.25) is 9.59 Å². The number of halogens is 1. The minimum atomic E-state index is -0.910. The Morgan fingerprint density at radius 1 is 1.26 bits per heavy atom. The standard InChI is InChI=1S/C18H16BrNO3/c1-10(18(22)23)12-7-14-16(15(19)8-12)20(2)9-11-5-3-4-6-13(11)17(14)21/h3-8,10H,9H2,1-2H3,(H,22,23). The molecule has 5 heteroatoms. The summed E-state index contributed by atoms with van der Waals surface area (Å²) in [6.45, 7) is 2.25. The van der Waals surface area contributed by atoms with Crippen LogP contribution in [0.25, 0.3) is 0 Å². The van der Waals surface area contributed by atoms with Crippen molar-refractivity contribution in [2.24, 2.45) is 0 Å². The monoisotopic (exact) mass is 373 g/mol. The summed E-state index contributed by atoms with van der Waals surface area (Å²) in [5.41, 5.74) is 3.59. The lowest BCUT2D eigenvalue weighted by Crippen LogP contribution is -2.18. The van der Waals surface area contributed by atoms with Crippen molar-refractivity contribution < 1.29 is 14.7 Å². The Balaban J connectivity index is 2.23. The molecule has 23 heavy (non-hydrogen) atoms. The summed E-state index contributed by atoms with van der Waals surface area (Å²) in [4.78, 5) is 26.3. The van der Waals surface area contributed by atoms with E-state index in [1.165, 1.54) is 0 Å². The molecule has 0 spiro atoms. The number of ketones is 1. The molecule has 0 bridgehead atoms. The Hall–Kier alpha value is -2.14. The molecule has 0 aliphatic carbocycles. The number of carboxylic acids is 1. The van der Waals surface area contributed by atoms with Gasteiger partial charge in [-0.1, -0.05) is 24.3 Å². The van der Waals surface area contributed by atoms with E-state index in [4.69, 9.17) is 0 Å². The predicted molar refractivity (Wildman–Crippen MR) is 92.2 cm³/mol. The highest BCUT2D eigenvalue weighted by atomic mass is 79.9. The van der Waals surface area contributed by atoms with Gasteiger partial charge in [0.15, 0.2) is 5.78 Å². The molecule has 4 nitrogen and oxygen atoms in total. The van der Waals surface area contributed by atoms with Crippen molar-refractivity contribution in [1.82, 2.24) is 0 Å². The average molecular weight is 374 g/mol. The van der Waals surface area contributed by atoms with Crippen molar-refractivity contribution in [2.75, 3.05) is 11.9 Å². The summed E-state index contributed by atoms with van der Waals surface area (Å²) in [6.07, 6.45) is 0. The summed E-state index contributed by atoms with van der Waals surface area (Å²) >= 11 is 3.51. The van der Waals surface area contributed by atoms with Crippen LogP contribution in [0.5, 0.6) is 0 Å². The van der Waals surface area contributed by atoms with E-state index >= 15 is 0 Å². The zero-order valence-corrected chi connectivity index (χ0v) is 14.4. The fourth-order valence-corrected chi connectivity index (χ4v) is 3.71. The number of rotatable bonds is 2. The second-order valence-electron chi connectivity index (χ2n) is 5.80. The largest absolute Gasteiger partial charge is 0.481 e. The molecular formula is C18H16BrNO3. The molecule has 118 valence electrons. The van der Waals surface area contributed by atoms with E-state index in [0.29, 0.717) is 23.2 Å². The van der Waals surface area contributed by atoms with E-state index in [1.807, 2.05) is 36.2 Å². The Morgan fingerprint density at radius 3 is 2.65 bits per heavy atom. The number of hydrogen-bond donors (Lipinski definition) is 1. The first-order chi connectivity index (χ1) is 10.9. The maximum atomic E-state index is 13.0. The zero-order valence-electron chi connectivity index (χ0n) is 12.8.